The zero-order valence-electron chi connectivity index (χ0n) is 20.8. The van der Waals surface area contributed by atoms with E-state index in [9.17, 15) is 28.8 Å². The van der Waals surface area contributed by atoms with Crippen molar-refractivity contribution in [3.05, 3.63) is 0 Å². The number of carboxylic acids is 1. The number of nitrogens with zero attached hydrogens (tertiary/aromatic N) is 2. The molecule has 0 spiro atoms. The first-order chi connectivity index (χ1) is 15.8. The van der Waals surface area contributed by atoms with Gasteiger partial charge in [0.1, 0.15) is 0 Å². The number of nitrogens with one attached hydrogen (secondary N) is 1. The first-order valence-corrected chi connectivity index (χ1v) is 11.2. The molecule has 1 aliphatic heterocycles. The number of carbonyl (C=O) groups is 6. The summed E-state index contributed by atoms with van der Waals surface area (Å²) < 4.78 is 4.90. The fourth-order valence-electron chi connectivity index (χ4n) is 2.02. The monoisotopic (exact) mass is 511 g/mol. The molecule has 12 nitrogen and oxygen atoms in total. The molecule has 1 aliphatic rings. The summed E-state index contributed by atoms with van der Waals surface area (Å²) in [5.74, 6) is -2.56. The quantitative estimate of drug-likeness (QED) is 0.249. The molecule has 0 radical (unpaired) electrons. The molecule has 2 N–H and O–H groups in total. The average Bonchev–Trinajstić information content (AvgIpc) is 3.04. The number of halogens is 1. The third kappa shape index (κ3) is 27.5. The van der Waals surface area contributed by atoms with Crippen molar-refractivity contribution in [2.45, 2.75) is 60.8 Å². The van der Waals surface area contributed by atoms with E-state index in [0.717, 1.165) is 6.92 Å². The highest BCUT2D eigenvalue weighted by molar-refractivity contribution is 6.62. The molecule has 0 atom stereocenters. The van der Waals surface area contributed by atoms with Gasteiger partial charge in [-0.25, -0.2) is 4.79 Å². The van der Waals surface area contributed by atoms with Gasteiger partial charge < -0.3 is 24.9 Å². The average molecular weight is 512 g/mol. The lowest BCUT2D eigenvalue weighted by Gasteiger charge is -2.13. The fraction of sp³-hybridized carbons (Fsp3) is 0.714. The smallest absolute Gasteiger partial charge is 0.330 e. The van der Waals surface area contributed by atoms with Crippen molar-refractivity contribution in [2.75, 3.05) is 39.4 Å². The molecule has 0 aromatic carbocycles. The van der Waals surface area contributed by atoms with E-state index in [-0.39, 0.29) is 37.0 Å². The Balaban J connectivity index is -0.000000403. The van der Waals surface area contributed by atoms with Gasteiger partial charge in [-0.15, -0.1) is 5.06 Å². The van der Waals surface area contributed by atoms with Gasteiger partial charge in [0.2, 0.25) is 11.1 Å². The Hall–Kier alpha value is -2.57. The van der Waals surface area contributed by atoms with Gasteiger partial charge in [0, 0.05) is 40.2 Å². The molecule has 0 aromatic heterocycles. The standard InChI is InChI=1S/C7H13NO4.C6H7NO4.C6H15N.C2H3ClO/c1-6(9)8-3-5-12-4-2-7(10)11;1-4(8)11-7-5(9)2-3-6(7)10;1-4-7(5-2)6-3;1-2(3)4/h2-5H2,1H3,(H,8,9)(H,10,11);2-3H2,1H3;4-6H2,1-3H3;1H3. The van der Waals surface area contributed by atoms with Crippen LogP contribution in [-0.4, -0.2) is 89.4 Å². The lowest BCUT2D eigenvalue weighted by Crippen LogP contribution is -2.30. The Morgan fingerprint density at radius 3 is 1.71 bits per heavy atom. The topological polar surface area (TPSA) is 160 Å². The van der Waals surface area contributed by atoms with Crippen LogP contribution >= 0.6 is 11.6 Å². The molecule has 1 rings (SSSR count). The summed E-state index contributed by atoms with van der Waals surface area (Å²) in [6, 6.07) is 0. The van der Waals surface area contributed by atoms with Gasteiger partial charge in [-0.05, 0) is 31.2 Å². The van der Waals surface area contributed by atoms with E-state index in [1.165, 1.54) is 33.5 Å². The van der Waals surface area contributed by atoms with E-state index in [1.807, 2.05) is 0 Å². The van der Waals surface area contributed by atoms with Gasteiger partial charge in [0.15, 0.2) is 0 Å². The molecule has 0 bridgehead atoms. The molecule has 34 heavy (non-hydrogen) atoms. The van der Waals surface area contributed by atoms with Crippen molar-refractivity contribution in [1.82, 2.24) is 15.3 Å². The summed E-state index contributed by atoms with van der Waals surface area (Å²) in [4.78, 5) is 68.0. The number of imide groups is 1. The maximum absolute atomic E-state index is 10.7. The Bertz CT molecular complexity index is 597. The van der Waals surface area contributed by atoms with Crippen LogP contribution in [0, 0.1) is 0 Å². The summed E-state index contributed by atoms with van der Waals surface area (Å²) in [5.41, 5.74) is 0. The summed E-state index contributed by atoms with van der Waals surface area (Å²) in [6.07, 6.45) is 0.262. The Morgan fingerprint density at radius 2 is 1.41 bits per heavy atom. The summed E-state index contributed by atoms with van der Waals surface area (Å²) in [7, 11) is 0. The zero-order chi connectivity index (χ0) is 27.1. The van der Waals surface area contributed by atoms with E-state index in [2.05, 4.69) is 47.4 Å². The SMILES string of the molecule is CC(=O)Cl.CC(=O)NCCOCCC(=O)O.CC(=O)ON1C(=O)CCC1=O.CCN(CC)CC. The van der Waals surface area contributed by atoms with Gasteiger partial charge in [-0.2, -0.15) is 0 Å². The van der Waals surface area contributed by atoms with Gasteiger partial charge in [0.05, 0.1) is 19.6 Å². The van der Waals surface area contributed by atoms with Gasteiger partial charge in [0.25, 0.3) is 11.8 Å². The third-order valence-corrected chi connectivity index (χ3v) is 3.65. The summed E-state index contributed by atoms with van der Waals surface area (Å²) in [6.45, 7) is 14.9. The number of carbonyl (C=O) groups excluding carboxylic acids is 5. The fourth-order valence-corrected chi connectivity index (χ4v) is 2.02. The van der Waals surface area contributed by atoms with Gasteiger partial charge in [-0.1, -0.05) is 20.8 Å². The number of aliphatic carboxylic acids is 1. The largest absolute Gasteiger partial charge is 0.481 e. The van der Waals surface area contributed by atoms with Crippen LogP contribution in [-0.2, 0) is 38.3 Å². The van der Waals surface area contributed by atoms with Crippen LogP contribution in [0.15, 0.2) is 0 Å². The number of amides is 3. The normalized spacial score (nSPS) is 11.8. The molecule has 1 fully saturated rings. The highest BCUT2D eigenvalue weighted by Crippen LogP contribution is 2.11. The lowest BCUT2D eigenvalue weighted by molar-refractivity contribution is -0.195. The maximum Gasteiger partial charge on any atom is 0.330 e. The molecular formula is C21H38ClN3O9. The van der Waals surface area contributed by atoms with Crippen molar-refractivity contribution >= 4 is 46.5 Å². The van der Waals surface area contributed by atoms with Crippen LogP contribution in [0.25, 0.3) is 0 Å². The highest BCUT2D eigenvalue weighted by atomic mass is 35.5. The Morgan fingerprint density at radius 1 is 0.971 bits per heavy atom. The molecule has 13 heteroatoms. The molecule has 198 valence electrons. The predicted octanol–water partition coefficient (Wildman–Crippen LogP) is 1.35. The maximum atomic E-state index is 10.7. The van der Waals surface area contributed by atoms with E-state index in [4.69, 9.17) is 9.84 Å². The van der Waals surface area contributed by atoms with Crippen molar-refractivity contribution in [2.24, 2.45) is 0 Å². The molecule has 1 heterocycles. The molecule has 3 amide bonds. The van der Waals surface area contributed by atoms with Crippen LogP contribution in [0.5, 0.6) is 0 Å². The van der Waals surface area contributed by atoms with Crippen LogP contribution in [0.3, 0.4) is 0 Å². The van der Waals surface area contributed by atoms with Crippen molar-refractivity contribution in [1.29, 1.82) is 0 Å². The second-order valence-corrected chi connectivity index (χ2v) is 7.03. The Kier molecular flexibility index (Phi) is 25.0. The lowest BCUT2D eigenvalue weighted by atomic mass is 10.4. The van der Waals surface area contributed by atoms with E-state index in [1.54, 1.807) is 0 Å². The zero-order valence-corrected chi connectivity index (χ0v) is 21.6. The second kappa shape index (κ2) is 23.6. The minimum Gasteiger partial charge on any atom is -0.481 e. The minimum atomic E-state index is -0.880. The van der Waals surface area contributed by atoms with E-state index >= 15 is 0 Å². The molecule has 0 saturated carbocycles. The summed E-state index contributed by atoms with van der Waals surface area (Å²) in [5, 5.41) is 10.9. The first-order valence-electron chi connectivity index (χ1n) is 10.8. The van der Waals surface area contributed by atoms with Gasteiger partial charge in [-0.3, -0.25) is 24.0 Å². The number of carboxylic acid groups (broad SMARTS) is 1. The number of hydrogen-bond donors (Lipinski definition) is 2. The van der Waals surface area contributed by atoms with E-state index < -0.39 is 23.8 Å². The predicted molar refractivity (Wildman–Crippen MR) is 125 cm³/mol. The molecule has 0 unspecified atom stereocenters. The first kappa shape index (κ1) is 36.0. The Labute approximate surface area is 205 Å². The third-order valence-electron chi connectivity index (χ3n) is 3.65. The van der Waals surface area contributed by atoms with Crippen LogP contribution in [0.4, 0.5) is 0 Å². The van der Waals surface area contributed by atoms with Crippen molar-refractivity contribution in [3.8, 4) is 0 Å². The van der Waals surface area contributed by atoms with Crippen molar-refractivity contribution < 1.29 is 43.4 Å². The number of ether oxygens (including phenoxy) is 1. The second-order valence-electron chi connectivity index (χ2n) is 6.49. The van der Waals surface area contributed by atoms with E-state index in [0.29, 0.717) is 18.2 Å². The van der Waals surface area contributed by atoms with Gasteiger partial charge >= 0.3 is 11.9 Å². The van der Waals surface area contributed by atoms with Crippen LogP contribution in [0.1, 0.15) is 60.8 Å². The molecule has 1 saturated heterocycles. The number of hydroxylamine groups is 2. The number of hydrogen-bond acceptors (Lipinski definition) is 9. The number of rotatable bonds is 10. The van der Waals surface area contributed by atoms with Crippen LogP contribution < -0.4 is 5.32 Å². The van der Waals surface area contributed by atoms with Crippen LogP contribution in [0.2, 0.25) is 0 Å². The summed E-state index contributed by atoms with van der Waals surface area (Å²) >= 11 is 4.64. The van der Waals surface area contributed by atoms with Crippen molar-refractivity contribution in [3.63, 3.8) is 0 Å². The molecular weight excluding hydrogens is 474 g/mol. The molecule has 0 aromatic rings. The minimum absolute atomic E-state index is 0.0000709. The highest BCUT2D eigenvalue weighted by Gasteiger charge is 2.31. The molecule has 0 aliphatic carbocycles.